The number of hydrogen-bond donors (Lipinski definition) is 1. The Morgan fingerprint density at radius 3 is 2.93 bits per heavy atom. The van der Waals surface area contributed by atoms with Gasteiger partial charge in [0.2, 0.25) is 0 Å². The number of nitrogens with zero attached hydrogens (tertiary/aromatic N) is 2. The van der Waals surface area contributed by atoms with Crippen molar-refractivity contribution in [1.29, 1.82) is 0 Å². The largest absolute Gasteiger partial charge is 0.361 e. The van der Waals surface area contributed by atoms with Crippen LogP contribution in [0.2, 0.25) is 0 Å². The molecular formula is C11H19N3O. The van der Waals surface area contributed by atoms with E-state index in [1.807, 2.05) is 13.8 Å². The molecule has 0 aromatic carbocycles. The Morgan fingerprint density at radius 1 is 1.53 bits per heavy atom. The molecule has 2 rings (SSSR count). The molecule has 1 aromatic rings. The van der Waals surface area contributed by atoms with E-state index in [9.17, 15) is 0 Å². The van der Waals surface area contributed by atoms with Crippen molar-refractivity contribution in [1.82, 2.24) is 15.4 Å². The first-order valence-electron chi connectivity index (χ1n) is 5.55. The molecule has 15 heavy (non-hydrogen) atoms. The molecule has 0 aliphatic carbocycles. The Labute approximate surface area is 90.6 Å². The Bertz CT molecular complexity index is 315. The topological polar surface area (TPSA) is 41.3 Å². The van der Waals surface area contributed by atoms with Gasteiger partial charge in [0.25, 0.3) is 0 Å². The molecule has 1 saturated heterocycles. The molecule has 1 aliphatic heterocycles. The summed E-state index contributed by atoms with van der Waals surface area (Å²) in [7, 11) is 0. The molecule has 1 atom stereocenters. The van der Waals surface area contributed by atoms with Gasteiger partial charge in [-0.2, -0.15) is 0 Å². The molecule has 1 aromatic heterocycles. The molecule has 84 valence electrons. The van der Waals surface area contributed by atoms with Crippen LogP contribution in [0.15, 0.2) is 4.52 Å². The van der Waals surface area contributed by atoms with E-state index >= 15 is 0 Å². The Hall–Kier alpha value is -0.870. The highest BCUT2D eigenvalue weighted by molar-refractivity contribution is 5.20. The van der Waals surface area contributed by atoms with E-state index in [4.69, 9.17) is 4.52 Å². The maximum Gasteiger partial charge on any atom is 0.138 e. The van der Waals surface area contributed by atoms with Gasteiger partial charge in [-0.05, 0) is 20.8 Å². The van der Waals surface area contributed by atoms with Gasteiger partial charge in [-0.3, -0.25) is 4.90 Å². The first-order valence-corrected chi connectivity index (χ1v) is 5.55. The number of hydrogen-bond acceptors (Lipinski definition) is 4. The van der Waals surface area contributed by atoms with Crippen LogP contribution in [0, 0.1) is 13.8 Å². The van der Waals surface area contributed by atoms with Crippen LogP contribution in [-0.4, -0.2) is 35.7 Å². The van der Waals surface area contributed by atoms with Crippen LogP contribution < -0.4 is 5.32 Å². The van der Waals surface area contributed by atoms with Gasteiger partial charge >= 0.3 is 0 Å². The fourth-order valence-corrected chi connectivity index (χ4v) is 2.05. The van der Waals surface area contributed by atoms with Crippen LogP contribution in [-0.2, 0) is 6.54 Å². The number of aromatic nitrogens is 1. The average molecular weight is 209 g/mol. The zero-order valence-electron chi connectivity index (χ0n) is 9.71. The zero-order chi connectivity index (χ0) is 10.8. The highest BCUT2D eigenvalue weighted by Crippen LogP contribution is 2.16. The minimum absolute atomic E-state index is 0.590. The lowest BCUT2D eigenvalue weighted by molar-refractivity contribution is 0.164. The Balaban J connectivity index is 2.07. The summed E-state index contributed by atoms with van der Waals surface area (Å²) in [4.78, 5) is 2.48. The summed E-state index contributed by atoms with van der Waals surface area (Å²) in [5.74, 6) is 0.957. The molecule has 0 saturated carbocycles. The van der Waals surface area contributed by atoms with Crippen molar-refractivity contribution in [2.24, 2.45) is 0 Å². The fraction of sp³-hybridized carbons (Fsp3) is 0.727. The first-order chi connectivity index (χ1) is 7.18. The summed E-state index contributed by atoms with van der Waals surface area (Å²) in [6.07, 6.45) is 0. The molecule has 0 spiro atoms. The van der Waals surface area contributed by atoms with Gasteiger partial charge in [0.1, 0.15) is 5.76 Å². The van der Waals surface area contributed by atoms with Crippen molar-refractivity contribution in [3.63, 3.8) is 0 Å². The van der Waals surface area contributed by atoms with Gasteiger partial charge in [0, 0.05) is 37.8 Å². The van der Waals surface area contributed by atoms with Gasteiger partial charge in [-0.15, -0.1) is 0 Å². The SMILES string of the molecule is Cc1noc(C)c1CN1CCNC[C@H]1C. The number of nitrogens with one attached hydrogen (secondary N) is 1. The summed E-state index contributed by atoms with van der Waals surface area (Å²) in [6.45, 7) is 10.5. The lowest BCUT2D eigenvalue weighted by atomic mass is 10.1. The molecule has 4 heteroatoms. The summed E-state index contributed by atoms with van der Waals surface area (Å²) in [5, 5.41) is 7.38. The second kappa shape index (κ2) is 4.33. The van der Waals surface area contributed by atoms with Crippen molar-refractivity contribution in [3.05, 3.63) is 17.0 Å². The lowest BCUT2D eigenvalue weighted by Crippen LogP contribution is -2.49. The molecule has 0 radical (unpaired) electrons. The predicted molar refractivity (Wildman–Crippen MR) is 58.7 cm³/mol. The summed E-state index contributed by atoms with van der Waals surface area (Å²) in [5.41, 5.74) is 2.28. The van der Waals surface area contributed by atoms with Crippen molar-refractivity contribution < 1.29 is 4.52 Å². The smallest absolute Gasteiger partial charge is 0.138 e. The van der Waals surface area contributed by atoms with Crippen molar-refractivity contribution in [2.45, 2.75) is 33.4 Å². The van der Waals surface area contributed by atoms with Crippen LogP contribution >= 0.6 is 0 Å². The maximum atomic E-state index is 5.18. The normalized spacial score (nSPS) is 23.3. The predicted octanol–water partition coefficient (Wildman–Crippen LogP) is 1.09. The van der Waals surface area contributed by atoms with Gasteiger partial charge in [-0.25, -0.2) is 0 Å². The third kappa shape index (κ3) is 2.21. The molecule has 4 nitrogen and oxygen atoms in total. The lowest BCUT2D eigenvalue weighted by Gasteiger charge is -2.33. The van der Waals surface area contributed by atoms with Crippen molar-refractivity contribution in [2.75, 3.05) is 19.6 Å². The van der Waals surface area contributed by atoms with E-state index in [1.54, 1.807) is 0 Å². The Kier molecular flexibility index (Phi) is 3.07. The van der Waals surface area contributed by atoms with E-state index in [2.05, 4.69) is 22.3 Å². The molecule has 0 amide bonds. The third-order valence-electron chi connectivity index (χ3n) is 3.18. The van der Waals surface area contributed by atoms with Gasteiger partial charge in [0.05, 0.1) is 5.69 Å². The monoisotopic (exact) mass is 209 g/mol. The second-order valence-corrected chi connectivity index (χ2v) is 4.33. The van der Waals surface area contributed by atoms with Crippen molar-refractivity contribution in [3.8, 4) is 0 Å². The van der Waals surface area contributed by atoms with E-state index in [0.29, 0.717) is 6.04 Å². The third-order valence-corrected chi connectivity index (χ3v) is 3.18. The van der Waals surface area contributed by atoms with Crippen LogP contribution in [0.3, 0.4) is 0 Å². The summed E-state index contributed by atoms with van der Waals surface area (Å²) in [6, 6.07) is 0.590. The minimum atomic E-state index is 0.590. The average Bonchev–Trinajstić information content (AvgIpc) is 2.53. The molecule has 1 N–H and O–H groups in total. The van der Waals surface area contributed by atoms with Crippen LogP contribution in [0.5, 0.6) is 0 Å². The highest BCUT2D eigenvalue weighted by atomic mass is 16.5. The number of rotatable bonds is 2. The quantitative estimate of drug-likeness (QED) is 0.791. The molecular weight excluding hydrogens is 190 g/mol. The number of aryl methyl sites for hydroxylation is 2. The first kappa shape index (κ1) is 10.6. The fourth-order valence-electron chi connectivity index (χ4n) is 2.05. The summed E-state index contributed by atoms with van der Waals surface area (Å²) >= 11 is 0. The second-order valence-electron chi connectivity index (χ2n) is 4.33. The van der Waals surface area contributed by atoms with Crippen LogP contribution in [0.4, 0.5) is 0 Å². The molecule has 2 heterocycles. The van der Waals surface area contributed by atoms with Gasteiger partial charge in [-0.1, -0.05) is 5.16 Å². The van der Waals surface area contributed by atoms with Crippen LogP contribution in [0.25, 0.3) is 0 Å². The number of piperazine rings is 1. The standard InChI is InChI=1S/C11H19N3O/c1-8-6-12-4-5-14(8)7-11-9(2)13-15-10(11)3/h8,12H,4-7H2,1-3H3/t8-/m1/s1. The summed E-state index contributed by atoms with van der Waals surface area (Å²) < 4.78 is 5.18. The molecule has 1 fully saturated rings. The molecule has 0 unspecified atom stereocenters. The van der Waals surface area contributed by atoms with Crippen LogP contribution in [0.1, 0.15) is 23.9 Å². The van der Waals surface area contributed by atoms with Gasteiger partial charge in [0.15, 0.2) is 0 Å². The Morgan fingerprint density at radius 2 is 2.33 bits per heavy atom. The molecule has 0 bridgehead atoms. The van der Waals surface area contributed by atoms with E-state index in [-0.39, 0.29) is 0 Å². The highest BCUT2D eigenvalue weighted by Gasteiger charge is 2.20. The molecule has 1 aliphatic rings. The van der Waals surface area contributed by atoms with Crippen molar-refractivity contribution >= 4 is 0 Å². The van der Waals surface area contributed by atoms with E-state index in [1.165, 1.54) is 5.56 Å². The maximum absolute atomic E-state index is 5.18. The van der Waals surface area contributed by atoms with Gasteiger partial charge < -0.3 is 9.84 Å². The minimum Gasteiger partial charge on any atom is -0.361 e. The zero-order valence-corrected chi connectivity index (χ0v) is 9.71. The van der Waals surface area contributed by atoms with E-state index < -0.39 is 0 Å². The van der Waals surface area contributed by atoms with E-state index in [0.717, 1.165) is 37.6 Å².